The zero-order chi connectivity index (χ0) is 9.68. The van der Waals surface area contributed by atoms with E-state index in [1.807, 2.05) is 0 Å². The molecule has 0 spiro atoms. The highest BCUT2D eigenvalue weighted by atomic mass is 16.7. The SMILES string of the molecule is COC(CNC1=NC[C@@H](C)C1)OC. The molecule has 1 rings (SSSR count). The molecule has 76 valence electrons. The van der Waals surface area contributed by atoms with Crippen LogP contribution < -0.4 is 5.32 Å². The van der Waals surface area contributed by atoms with Gasteiger partial charge in [0.2, 0.25) is 0 Å². The summed E-state index contributed by atoms with van der Waals surface area (Å²) in [6.07, 6.45) is 0.860. The summed E-state index contributed by atoms with van der Waals surface area (Å²) in [5.41, 5.74) is 0. The molecule has 0 bridgehead atoms. The predicted molar refractivity (Wildman–Crippen MR) is 51.9 cm³/mol. The molecular formula is C9H18N2O2. The van der Waals surface area contributed by atoms with Crippen molar-refractivity contribution in [1.29, 1.82) is 0 Å². The molecule has 13 heavy (non-hydrogen) atoms. The standard InChI is InChI=1S/C9H18N2O2/c1-7-4-8(10-5-7)11-6-9(12-2)13-3/h7,9H,4-6H2,1-3H3,(H,10,11)/t7-/m0/s1. The maximum absolute atomic E-state index is 5.05. The zero-order valence-electron chi connectivity index (χ0n) is 8.54. The Kier molecular flexibility index (Phi) is 4.18. The van der Waals surface area contributed by atoms with Crippen LogP contribution in [-0.4, -0.2) is 39.4 Å². The minimum atomic E-state index is -0.182. The first kappa shape index (κ1) is 10.5. The van der Waals surface area contributed by atoms with Crippen molar-refractivity contribution in [3.8, 4) is 0 Å². The Morgan fingerprint density at radius 2 is 2.23 bits per heavy atom. The molecule has 0 radical (unpaired) electrons. The third kappa shape index (κ3) is 3.32. The van der Waals surface area contributed by atoms with Gasteiger partial charge < -0.3 is 14.8 Å². The Bertz CT molecular complexity index is 178. The van der Waals surface area contributed by atoms with Gasteiger partial charge in [-0.2, -0.15) is 0 Å². The monoisotopic (exact) mass is 186 g/mol. The molecule has 4 heteroatoms. The van der Waals surface area contributed by atoms with E-state index in [1.54, 1.807) is 14.2 Å². The lowest BCUT2D eigenvalue weighted by Crippen LogP contribution is -2.33. The Balaban J connectivity index is 2.18. The minimum absolute atomic E-state index is 0.182. The van der Waals surface area contributed by atoms with E-state index in [9.17, 15) is 0 Å². The molecule has 1 heterocycles. The van der Waals surface area contributed by atoms with Gasteiger partial charge in [-0.3, -0.25) is 4.99 Å². The lowest BCUT2D eigenvalue weighted by atomic mass is 10.1. The van der Waals surface area contributed by atoms with Crippen molar-refractivity contribution in [2.24, 2.45) is 10.9 Å². The van der Waals surface area contributed by atoms with Gasteiger partial charge in [0, 0.05) is 27.2 Å². The van der Waals surface area contributed by atoms with Crippen molar-refractivity contribution in [1.82, 2.24) is 5.32 Å². The summed E-state index contributed by atoms with van der Waals surface area (Å²) >= 11 is 0. The Morgan fingerprint density at radius 1 is 1.54 bits per heavy atom. The van der Waals surface area contributed by atoms with Crippen LogP contribution in [0.4, 0.5) is 0 Å². The van der Waals surface area contributed by atoms with Crippen molar-refractivity contribution >= 4 is 5.84 Å². The number of rotatable bonds is 4. The molecule has 1 aliphatic heterocycles. The van der Waals surface area contributed by atoms with Gasteiger partial charge in [0.1, 0.15) is 0 Å². The predicted octanol–water partition coefficient (Wildman–Crippen LogP) is 0.633. The second-order valence-electron chi connectivity index (χ2n) is 3.38. The first-order chi connectivity index (χ1) is 6.26. The van der Waals surface area contributed by atoms with Crippen LogP contribution in [0.15, 0.2) is 4.99 Å². The maximum atomic E-state index is 5.05. The number of nitrogens with zero attached hydrogens (tertiary/aromatic N) is 1. The lowest BCUT2D eigenvalue weighted by molar-refractivity contribution is -0.0965. The summed E-state index contributed by atoms with van der Waals surface area (Å²) in [5, 5.41) is 3.21. The normalized spacial score (nSPS) is 22.2. The zero-order valence-corrected chi connectivity index (χ0v) is 8.54. The average Bonchev–Trinajstić information content (AvgIpc) is 2.53. The number of ether oxygens (including phenoxy) is 2. The Labute approximate surface area is 79.3 Å². The Hall–Kier alpha value is -0.610. The third-order valence-electron chi connectivity index (χ3n) is 2.13. The van der Waals surface area contributed by atoms with Gasteiger partial charge in [-0.15, -0.1) is 0 Å². The number of aliphatic imine (C=N–C) groups is 1. The molecule has 0 amide bonds. The van der Waals surface area contributed by atoms with Gasteiger partial charge in [0.15, 0.2) is 6.29 Å². The highest BCUT2D eigenvalue weighted by molar-refractivity contribution is 5.83. The topological polar surface area (TPSA) is 42.8 Å². The molecule has 0 aromatic carbocycles. The van der Waals surface area contributed by atoms with Crippen LogP contribution in [0, 0.1) is 5.92 Å². The summed E-state index contributed by atoms with van der Waals surface area (Å²) < 4.78 is 10.1. The van der Waals surface area contributed by atoms with Crippen LogP contribution in [0.2, 0.25) is 0 Å². The van der Waals surface area contributed by atoms with Crippen molar-refractivity contribution < 1.29 is 9.47 Å². The quantitative estimate of drug-likeness (QED) is 0.655. The van der Waals surface area contributed by atoms with E-state index >= 15 is 0 Å². The van der Waals surface area contributed by atoms with Gasteiger partial charge in [0.25, 0.3) is 0 Å². The van der Waals surface area contributed by atoms with Gasteiger partial charge in [-0.05, 0) is 5.92 Å². The van der Waals surface area contributed by atoms with Gasteiger partial charge in [-0.25, -0.2) is 0 Å². The van der Waals surface area contributed by atoms with Crippen LogP contribution in [-0.2, 0) is 9.47 Å². The number of nitrogens with one attached hydrogen (secondary N) is 1. The number of methoxy groups -OCH3 is 2. The molecule has 0 aliphatic carbocycles. The second-order valence-corrected chi connectivity index (χ2v) is 3.38. The minimum Gasteiger partial charge on any atom is -0.369 e. The molecular weight excluding hydrogens is 168 g/mol. The van der Waals surface area contributed by atoms with Gasteiger partial charge >= 0.3 is 0 Å². The van der Waals surface area contributed by atoms with E-state index < -0.39 is 0 Å². The van der Waals surface area contributed by atoms with E-state index in [1.165, 1.54) is 0 Å². The van der Waals surface area contributed by atoms with Crippen LogP contribution in [0.1, 0.15) is 13.3 Å². The van der Waals surface area contributed by atoms with E-state index in [0.717, 1.165) is 18.8 Å². The van der Waals surface area contributed by atoms with Gasteiger partial charge in [0.05, 0.1) is 12.4 Å². The highest BCUT2D eigenvalue weighted by Crippen LogP contribution is 2.10. The van der Waals surface area contributed by atoms with Crippen molar-refractivity contribution in [2.75, 3.05) is 27.3 Å². The first-order valence-corrected chi connectivity index (χ1v) is 4.59. The number of hydrogen-bond acceptors (Lipinski definition) is 4. The fourth-order valence-corrected chi connectivity index (χ4v) is 1.32. The van der Waals surface area contributed by atoms with E-state index in [4.69, 9.17) is 9.47 Å². The molecule has 0 aromatic rings. The van der Waals surface area contributed by atoms with E-state index in [2.05, 4.69) is 17.2 Å². The highest BCUT2D eigenvalue weighted by Gasteiger charge is 2.14. The molecule has 1 N–H and O–H groups in total. The maximum Gasteiger partial charge on any atom is 0.173 e. The number of hydrogen-bond donors (Lipinski definition) is 1. The fraction of sp³-hybridized carbons (Fsp3) is 0.889. The third-order valence-corrected chi connectivity index (χ3v) is 2.13. The van der Waals surface area contributed by atoms with Crippen LogP contribution in [0.25, 0.3) is 0 Å². The van der Waals surface area contributed by atoms with Crippen LogP contribution >= 0.6 is 0 Å². The Morgan fingerprint density at radius 3 is 2.69 bits per heavy atom. The lowest BCUT2D eigenvalue weighted by Gasteiger charge is -2.14. The summed E-state index contributed by atoms with van der Waals surface area (Å²) in [6.45, 7) is 3.80. The smallest absolute Gasteiger partial charge is 0.173 e. The average molecular weight is 186 g/mol. The fourth-order valence-electron chi connectivity index (χ4n) is 1.32. The molecule has 0 saturated heterocycles. The van der Waals surface area contributed by atoms with Crippen LogP contribution in [0.5, 0.6) is 0 Å². The van der Waals surface area contributed by atoms with Crippen LogP contribution in [0.3, 0.4) is 0 Å². The van der Waals surface area contributed by atoms with Crippen molar-refractivity contribution in [2.45, 2.75) is 19.6 Å². The molecule has 0 unspecified atom stereocenters. The van der Waals surface area contributed by atoms with E-state index in [0.29, 0.717) is 12.5 Å². The summed E-state index contributed by atoms with van der Waals surface area (Å²) in [6, 6.07) is 0. The molecule has 0 fully saturated rings. The molecule has 1 atom stereocenters. The second kappa shape index (κ2) is 5.19. The van der Waals surface area contributed by atoms with Crippen molar-refractivity contribution in [3.05, 3.63) is 0 Å². The summed E-state index contributed by atoms with van der Waals surface area (Å²) in [5.74, 6) is 1.75. The summed E-state index contributed by atoms with van der Waals surface area (Å²) in [7, 11) is 3.27. The number of amidine groups is 1. The molecule has 0 aromatic heterocycles. The van der Waals surface area contributed by atoms with Gasteiger partial charge in [-0.1, -0.05) is 6.92 Å². The molecule has 0 saturated carbocycles. The molecule has 4 nitrogen and oxygen atoms in total. The first-order valence-electron chi connectivity index (χ1n) is 4.59. The van der Waals surface area contributed by atoms with E-state index in [-0.39, 0.29) is 6.29 Å². The largest absolute Gasteiger partial charge is 0.369 e. The summed E-state index contributed by atoms with van der Waals surface area (Å²) in [4.78, 5) is 4.35. The molecule has 1 aliphatic rings. The van der Waals surface area contributed by atoms with Crippen molar-refractivity contribution in [3.63, 3.8) is 0 Å².